The Hall–Kier alpha value is -2.54. The molecule has 0 atom stereocenters. The van der Waals surface area contributed by atoms with Crippen LogP contribution in [-0.4, -0.2) is 39.0 Å². The molecule has 1 N–H and O–H groups in total. The van der Waals surface area contributed by atoms with E-state index in [2.05, 4.69) is 38.6 Å². The molecule has 0 aromatic carbocycles. The maximum absolute atomic E-state index is 12.2. The molecule has 3 aromatic heterocycles. The van der Waals surface area contributed by atoms with Crippen molar-refractivity contribution in [3.05, 3.63) is 35.3 Å². The first kappa shape index (κ1) is 15.0. The maximum atomic E-state index is 12.2. The van der Waals surface area contributed by atoms with Crippen LogP contribution in [-0.2, 0) is 0 Å². The van der Waals surface area contributed by atoms with Crippen LogP contribution in [0.15, 0.2) is 29.8 Å². The molecule has 0 bridgehead atoms. The number of fused-ring (bicyclic) bond motifs is 1. The van der Waals surface area contributed by atoms with E-state index < -0.39 is 0 Å². The summed E-state index contributed by atoms with van der Waals surface area (Å²) in [5, 5.41) is 4.91. The predicted octanol–water partition coefficient (Wildman–Crippen LogP) is 3.69. The number of amides is 2. The van der Waals surface area contributed by atoms with Gasteiger partial charge < -0.3 is 4.90 Å². The van der Waals surface area contributed by atoms with Crippen LogP contribution >= 0.6 is 11.3 Å². The molecule has 122 valence electrons. The minimum absolute atomic E-state index is 0.137. The second-order valence-corrected chi connectivity index (χ2v) is 6.97. The summed E-state index contributed by atoms with van der Waals surface area (Å²) in [5.41, 5.74) is 3.24. The van der Waals surface area contributed by atoms with Crippen LogP contribution in [0, 0.1) is 6.92 Å². The van der Waals surface area contributed by atoms with Crippen LogP contribution in [0.1, 0.15) is 18.4 Å². The first-order chi connectivity index (χ1) is 11.6. The van der Waals surface area contributed by atoms with Gasteiger partial charge in [0, 0.05) is 13.1 Å². The molecule has 1 aliphatic carbocycles. The van der Waals surface area contributed by atoms with E-state index >= 15 is 0 Å². The van der Waals surface area contributed by atoms with Gasteiger partial charge in [0.1, 0.15) is 17.0 Å². The number of thiophene rings is 1. The van der Waals surface area contributed by atoms with Gasteiger partial charge in [-0.3, -0.25) is 10.3 Å². The summed E-state index contributed by atoms with van der Waals surface area (Å²) >= 11 is 1.63. The fourth-order valence-electron chi connectivity index (χ4n) is 2.48. The van der Waals surface area contributed by atoms with Gasteiger partial charge in [-0.1, -0.05) is 0 Å². The van der Waals surface area contributed by atoms with Crippen molar-refractivity contribution < 1.29 is 4.79 Å². The summed E-state index contributed by atoms with van der Waals surface area (Å²) in [4.78, 5) is 28.4. The highest BCUT2D eigenvalue weighted by Crippen LogP contribution is 2.27. The molecule has 0 aliphatic heterocycles. The number of urea groups is 1. The van der Waals surface area contributed by atoms with E-state index in [0.717, 1.165) is 23.4 Å². The van der Waals surface area contributed by atoms with Crippen molar-refractivity contribution in [3.8, 4) is 10.6 Å². The molecule has 0 saturated heterocycles. The molecule has 1 fully saturated rings. The van der Waals surface area contributed by atoms with Crippen LogP contribution in [0.4, 0.5) is 10.6 Å². The average molecular weight is 339 g/mol. The van der Waals surface area contributed by atoms with Gasteiger partial charge >= 0.3 is 6.03 Å². The Labute approximate surface area is 143 Å². The third-order valence-corrected chi connectivity index (χ3v) is 5.11. The number of carbonyl (C=O) groups is 1. The predicted molar refractivity (Wildman–Crippen MR) is 95.2 cm³/mol. The number of carbonyl (C=O) groups excluding carboxylic acids is 1. The average Bonchev–Trinajstić information content (AvgIpc) is 3.34. The van der Waals surface area contributed by atoms with Crippen molar-refractivity contribution in [2.75, 3.05) is 12.4 Å². The van der Waals surface area contributed by atoms with Crippen LogP contribution in [0.2, 0.25) is 0 Å². The second-order valence-electron chi connectivity index (χ2n) is 6.06. The van der Waals surface area contributed by atoms with Gasteiger partial charge in [0.15, 0.2) is 5.65 Å². The van der Waals surface area contributed by atoms with E-state index in [9.17, 15) is 4.79 Å². The number of aryl methyl sites for hydroxylation is 1. The largest absolute Gasteiger partial charge is 0.325 e. The van der Waals surface area contributed by atoms with E-state index in [1.165, 1.54) is 5.56 Å². The number of anilines is 1. The lowest BCUT2D eigenvalue weighted by Gasteiger charge is -2.16. The summed E-state index contributed by atoms with van der Waals surface area (Å²) in [7, 11) is 1.81. The van der Waals surface area contributed by atoms with Gasteiger partial charge in [0.2, 0.25) is 0 Å². The van der Waals surface area contributed by atoms with Gasteiger partial charge in [0.25, 0.3) is 0 Å². The van der Waals surface area contributed by atoms with Crippen molar-refractivity contribution in [3.63, 3.8) is 0 Å². The number of nitrogens with zero attached hydrogens (tertiary/aromatic N) is 4. The molecule has 4 rings (SSSR count). The smallest absolute Gasteiger partial charge is 0.322 e. The lowest BCUT2D eigenvalue weighted by molar-refractivity contribution is 0.220. The van der Waals surface area contributed by atoms with Gasteiger partial charge in [-0.25, -0.2) is 14.8 Å². The maximum Gasteiger partial charge on any atom is 0.322 e. The standard InChI is InChI=1S/C17H17N5OS/c1-10-7-14(24-9-10)13-8-18-12-5-6-15(20-16(12)19-13)21-17(23)22(2)11-3-4-11/h5-9,11H,3-4H2,1-2H3,(H,19,20,21,23). The van der Waals surface area contributed by atoms with Crippen molar-refractivity contribution in [2.45, 2.75) is 25.8 Å². The van der Waals surface area contributed by atoms with E-state index in [0.29, 0.717) is 23.0 Å². The van der Waals surface area contributed by atoms with Gasteiger partial charge in [0.05, 0.1) is 11.1 Å². The first-order valence-corrected chi connectivity index (χ1v) is 8.71. The van der Waals surface area contributed by atoms with Crippen molar-refractivity contribution in [1.29, 1.82) is 0 Å². The number of pyridine rings is 1. The topological polar surface area (TPSA) is 71.0 Å². The zero-order chi connectivity index (χ0) is 16.7. The Morgan fingerprint density at radius 2 is 2.17 bits per heavy atom. The lowest BCUT2D eigenvalue weighted by Crippen LogP contribution is -2.33. The first-order valence-electron chi connectivity index (χ1n) is 7.83. The monoisotopic (exact) mass is 339 g/mol. The highest BCUT2D eigenvalue weighted by Gasteiger charge is 2.29. The Bertz CT molecular complexity index is 918. The number of nitrogens with one attached hydrogen (secondary N) is 1. The van der Waals surface area contributed by atoms with E-state index in [-0.39, 0.29) is 6.03 Å². The molecule has 0 spiro atoms. The molecule has 1 saturated carbocycles. The van der Waals surface area contributed by atoms with Crippen LogP contribution in [0.5, 0.6) is 0 Å². The third kappa shape index (κ3) is 2.94. The normalized spacial score (nSPS) is 13.9. The fraction of sp³-hybridized carbons (Fsp3) is 0.294. The van der Waals surface area contributed by atoms with Gasteiger partial charge in [-0.15, -0.1) is 11.3 Å². The summed E-state index contributed by atoms with van der Waals surface area (Å²) in [6, 6.07) is 5.88. The molecular weight excluding hydrogens is 322 g/mol. The third-order valence-electron chi connectivity index (χ3n) is 4.04. The molecule has 0 unspecified atom stereocenters. The molecule has 24 heavy (non-hydrogen) atoms. The molecule has 3 heterocycles. The number of aromatic nitrogens is 3. The second kappa shape index (κ2) is 5.83. The number of rotatable bonds is 3. The van der Waals surface area contributed by atoms with E-state index in [1.807, 2.05) is 13.1 Å². The van der Waals surface area contributed by atoms with E-state index in [1.54, 1.807) is 28.5 Å². The van der Waals surface area contributed by atoms with Gasteiger partial charge in [-0.2, -0.15) is 0 Å². The minimum Gasteiger partial charge on any atom is -0.325 e. The summed E-state index contributed by atoms with van der Waals surface area (Å²) in [6.45, 7) is 2.05. The summed E-state index contributed by atoms with van der Waals surface area (Å²) < 4.78 is 0. The Morgan fingerprint density at radius 3 is 2.88 bits per heavy atom. The minimum atomic E-state index is -0.137. The molecule has 3 aromatic rings. The van der Waals surface area contributed by atoms with Crippen LogP contribution < -0.4 is 5.32 Å². The molecule has 1 aliphatic rings. The zero-order valence-corrected chi connectivity index (χ0v) is 14.3. The highest BCUT2D eigenvalue weighted by atomic mass is 32.1. The van der Waals surface area contributed by atoms with Gasteiger partial charge in [-0.05, 0) is 48.9 Å². The Kier molecular flexibility index (Phi) is 3.65. The Balaban J connectivity index is 1.62. The molecule has 2 amide bonds. The number of hydrogen-bond acceptors (Lipinski definition) is 5. The molecule has 0 radical (unpaired) electrons. The Morgan fingerprint density at radius 1 is 1.33 bits per heavy atom. The molecule has 7 heteroatoms. The van der Waals surface area contributed by atoms with Crippen LogP contribution in [0.3, 0.4) is 0 Å². The summed E-state index contributed by atoms with van der Waals surface area (Å²) in [5.74, 6) is 0.494. The van der Waals surface area contributed by atoms with Crippen LogP contribution in [0.25, 0.3) is 21.7 Å². The zero-order valence-electron chi connectivity index (χ0n) is 13.5. The van der Waals surface area contributed by atoms with Crippen molar-refractivity contribution in [2.24, 2.45) is 0 Å². The lowest BCUT2D eigenvalue weighted by atomic mass is 10.3. The molecule has 6 nitrogen and oxygen atoms in total. The summed E-state index contributed by atoms with van der Waals surface area (Å²) in [6.07, 6.45) is 3.91. The molecular formula is C17H17N5OS. The van der Waals surface area contributed by atoms with Crippen molar-refractivity contribution >= 4 is 34.3 Å². The number of hydrogen-bond donors (Lipinski definition) is 1. The SMILES string of the molecule is Cc1csc(-c2cnc3ccc(NC(=O)N(C)C4CC4)nc3n2)c1. The van der Waals surface area contributed by atoms with E-state index in [4.69, 9.17) is 0 Å². The fourth-order valence-corrected chi connectivity index (χ4v) is 3.33. The quantitative estimate of drug-likeness (QED) is 0.790. The highest BCUT2D eigenvalue weighted by molar-refractivity contribution is 7.13. The van der Waals surface area contributed by atoms with Crippen molar-refractivity contribution in [1.82, 2.24) is 19.9 Å².